The lowest BCUT2D eigenvalue weighted by molar-refractivity contribution is -0.141. The van der Waals surface area contributed by atoms with Crippen LogP contribution in [-0.4, -0.2) is 35.0 Å². The van der Waals surface area contributed by atoms with E-state index in [0.29, 0.717) is 4.88 Å². The summed E-state index contributed by atoms with van der Waals surface area (Å²) in [5, 5.41) is 8.82. The zero-order valence-corrected chi connectivity index (χ0v) is 10.6. The largest absolute Gasteiger partial charge is 0.480 e. The molecule has 0 bridgehead atoms. The lowest BCUT2D eigenvalue weighted by Crippen LogP contribution is -2.39. The molecule has 5 heteroatoms. The Labute approximate surface area is 98.5 Å². The van der Waals surface area contributed by atoms with Crippen molar-refractivity contribution < 1.29 is 14.7 Å². The molecule has 1 aromatic heterocycles. The standard InChI is InChI=1S/C11H15NO3S/c1-6-5-9(16-8(6)3)10(13)12(4)7(2)11(14)15/h5,7H,1-4H3,(H,14,15). The number of carboxylic acid groups (broad SMARTS) is 1. The van der Waals surface area contributed by atoms with Gasteiger partial charge in [0, 0.05) is 11.9 Å². The van der Waals surface area contributed by atoms with Gasteiger partial charge in [0.1, 0.15) is 6.04 Å². The van der Waals surface area contributed by atoms with Gasteiger partial charge in [-0.05, 0) is 32.4 Å². The fourth-order valence-corrected chi connectivity index (χ4v) is 2.21. The van der Waals surface area contributed by atoms with E-state index < -0.39 is 12.0 Å². The molecule has 0 aliphatic heterocycles. The SMILES string of the molecule is Cc1cc(C(=O)N(C)C(C)C(=O)O)sc1C. The molecule has 1 unspecified atom stereocenters. The molecule has 4 nitrogen and oxygen atoms in total. The Kier molecular flexibility index (Phi) is 3.70. The molecule has 0 saturated heterocycles. The van der Waals surface area contributed by atoms with Gasteiger partial charge in [-0.3, -0.25) is 4.79 Å². The molecule has 0 spiro atoms. The van der Waals surface area contributed by atoms with Gasteiger partial charge in [-0.1, -0.05) is 0 Å². The Balaban J connectivity index is 2.90. The number of thiophene rings is 1. The maximum absolute atomic E-state index is 11.9. The predicted octanol–water partition coefficient (Wildman–Crippen LogP) is 1.91. The highest BCUT2D eigenvalue weighted by Gasteiger charge is 2.23. The van der Waals surface area contributed by atoms with Gasteiger partial charge >= 0.3 is 5.97 Å². The summed E-state index contributed by atoms with van der Waals surface area (Å²) >= 11 is 1.40. The number of carbonyl (C=O) groups is 2. The summed E-state index contributed by atoms with van der Waals surface area (Å²) < 4.78 is 0. The average Bonchev–Trinajstić information content (AvgIpc) is 2.55. The van der Waals surface area contributed by atoms with Gasteiger partial charge in [0.25, 0.3) is 5.91 Å². The van der Waals surface area contributed by atoms with Gasteiger partial charge in [-0.25, -0.2) is 4.79 Å². The molecule has 16 heavy (non-hydrogen) atoms. The number of aryl methyl sites for hydroxylation is 2. The normalized spacial score (nSPS) is 12.2. The van der Waals surface area contributed by atoms with Crippen LogP contribution in [0, 0.1) is 13.8 Å². The third kappa shape index (κ3) is 2.41. The molecule has 1 aromatic rings. The molecule has 1 amide bonds. The molecule has 0 aliphatic rings. The lowest BCUT2D eigenvalue weighted by atomic mass is 10.2. The van der Waals surface area contributed by atoms with Crippen LogP contribution in [0.4, 0.5) is 0 Å². The highest BCUT2D eigenvalue weighted by atomic mass is 32.1. The maximum Gasteiger partial charge on any atom is 0.326 e. The van der Waals surface area contributed by atoms with Crippen LogP contribution in [0.1, 0.15) is 27.0 Å². The number of nitrogens with zero attached hydrogens (tertiary/aromatic N) is 1. The fraction of sp³-hybridized carbons (Fsp3) is 0.455. The van der Waals surface area contributed by atoms with Crippen LogP contribution < -0.4 is 0 Å². The molecule has 1 heterocycles. The second-order valence-electron chi connectivity index (χ2n) is 3.78. The first-order chi connectivity index (χ1) is 7.34. The zero-order valence-electron chi connectivity index (χ0n) is 9.77. The minimum Gasteiger partial charge on any atom is -0.480 e. The summed E-state index contributed by atoms with van der Waals surface area (Å²) in [6, 6.07) is 0.989. The molecule has 0 radical (unpaired) electrons. The number of amides is 1. The minimum absolute atomic E-state index is 0.240. The van der Waals surface area contributed by atoms with Crippen LogP contribution >= 0.6 is 11.3 Å². The number of aliphatic carboxylic acids is 1. The zero-order chi connectivity index (χ0) is 12.5. The fourth-order valence-electron chi connectivity index (χ4n) is 1.19. The third-order valence-corrected chi connectivity index (χ3v) is 3.78. The Morgan fingerprint density at radius 3 is 2.38 bits per heavy atom. The van der Waals surface area contributed by atoms with Crippen molar-refractivity contribution in [1.82, 2.24) is 4.90 Å². The van der Waals surface area contributed by atoms with Crippen molar-refractivity contribution in [1.29, 1.82) is 0 Å². The second-order valence-corrected chi connectivity index (χ2v) is 5.04. The van der Waals surface area contributed by atoms with E-state index in [9.17, 15) is 9.59 Å². The Morgan fingerprint density at radius 1 is 1.44 bits per heavy atom. The molecule has 1 N–H and O–H groups in total. The van der Waals surface area contributed by atoms with Gasteiger partial charge in [0.2, 0.25) is 0 Å². The summed E-state index contributed by atoms with van der Waals surface area (Å²) in [5.41, 5.74) is 1.06. The Morgan fingerprint density at radius 2 is 2.00 bits per heavy atom. The number of hydrogen-bond acceptors (Lipinski definition) is 3. The first-order valence-corrected chi connectivity index (χ1v) is 5.73. The van der Waals surface area contributed by atoms with Crippen molar-refractivity contribution in [3.8, 4) is 0 Å². The molecule has 1 atom stereocenters. The first kappa shape index (κ1) is 12.7. The van der Waals surface area contributed by atoms with E-state index in [-0.39, 0.29) is 5.91 Å². The highest BCUT2D eigenvalue weighted by molar-refractivity contribution is 7.14. The molecule has 0 aromatic carbocycles. The number of rotatable bonds is 3. The first-order valence-electron chi connectivity index (χ1n) is 4.91. The summed E-state index contributed by atoms with van der Waals surface area (Å²) in [5.74, 6) is -1.24. The van der Waals surface area contributed by atoms with Crippen LogP contribution in [-0.2, 0) is 4.79 Å². The van der Waals surface area contributed by atoms with Crippen molar-refractivity contribution in [2.75, 3.05) is 7.05 Å². The van der Waals surface area contributed by atoms with Crippen molar-refractivity contribution in [2.24, 2.45) is 0 Å². The molecule has 0 fully saturated rings. The van der Waals surface area contributed by atoms with Gasteiger partial charge in [-0.2, -0.15) is 0 Å². The van der Waals surface area contributed by atoms with Crippen molar-refractivity contribution in [3.63, 3.8) is 0 Å². The Hall–Kier alpha value is -1.36. The van der Waals surface area contributed by atoms with Gasteiger partial charge in [0.05, 0.1) is 4.88 Å². The topological polar surface area (TPSA) is 57.6 Å². The van der Waals surface area contributed by atoms with E-state index in [1.165, 1.54) is 30.2 Å². The van der Waals surface area contributed by atoms with E-state index >= 15 is 0 Å². The smallest absolute Gasteiger partial charge is 0.326 e. The summed E-state index contributed by atoms with van der Waals surface area (Å²) in [6.07, 6.45) is 0. The third-order valence-electron chi connectivity index (χ3n) is 2.64. The van der Waals surface area contributed by atoms with Crippen molar-refractivity contribution >= 4 is 23.2 Å². The van der Waals surface area contributed by atoms with E-state index in [1.807, 2.05) is 13.8 Å². The molecule has 1 rings (SSSR count). The molecular weight excluding hydrogens is 226 g/mol. The molecule has 0 aliphatic carbocycles. The highest BCUT2D eigenvalue weighted by Crippen LogP contribution is 2.22. The quantitative estimate of drug-likeness (QED) is 0.879. The average molecular weight is 241 g/mol. The van der Waals surface area contributed by atoms with Gasteiger partial charge in [-0.15, -0.1) is 11.3 Å². The number of likely N-dealkylation sites (N-methyl/N-ethyl adjacent to an activating group) is 1. The maximum atomic E-state index is 11.9. The number of carbonyl (C=O) groups excluding carboxylic acids is 1. The van der Waals surface area contributed by atoms with E-state index in [1.54, 1.807) is 6.07 Å². The van der Waals surface area contributed by atoms with E-state index in [0.717, 1.165) is 10.4 Å². The van der Waals surface area contributed by atoms with Crippen LogP contribution in [0.15, 0.2) is 6.07 Å². The van der Waals surface area contributed by atoms with E-state index in [2.05, 4.69) is 0 Å². The van der Waals surface area contributed by atoms with E-state index in [4.69, 9.17) is 5.11 Å². The Bertz CT molecular complexity index is 405. The lowest BCUT2D eigenvalue weighted by Gasteiger charge is -2.20. The van der Waals surface area contributed by atoms with Crippen LogP contribution in [0.5, 0.6) is 0 Å². The molecular formula is C11H15NO3S. The number of hydrogen-bond donors (Lipinski definition) is 1. The van der Waals surface area contributed by atoms with Crippen LogP contribution in [0.3, 0.4) is 0 Å². The second kappa shape index (κ2) is 4.65. The van der Waals surface area contributed by atoms with Crippen LogP contribution in [0.2, 0.25) is 0 Å². The summed E-state index contributed by atoms with van der Waals surface area (Å²) in [4.78, 5) is 25.6. The minimum atomic E-state index is -0.999. The van der Waals surface area contributed by atoms with Gasteiger partial charge < -0.3 is 10.0 Å². The van der Waals surface area contributed by atoms with Gasteiger partial charge in [0.15, 0.2) is 0 Å². The molecule has 0 saturated carbocycles. The summed E-state index contributed by atoms with van der Waals surface area (Å²) in [7, 11) is 1.51. The van der Waals surface area contributed by atoms with Crippen molar-refractivity contribution in [2.45, 2.75) is 26.8 Å². The summed E-state index contributed by atoms with van der Waals surface area (Å²) in [6.45, 7) is 5.37. The van der Waals surface area contributed by atoms with Crippen LogP contribution in [0.25, 0.3) is 0 Å². The molecule has 88 valence electrons. The predicted molar refractivity (Wildman–Crippen MR) is 63.0 cm³/mol. The number of carboxylic acids is 1. The van der Waals surface area contributed by atoms with Crippen molar-refractivity contribution in [3.05, 3.63) is 21.4 Å². The monoisotopic (exact) mass is 241 g/mol.